The average Bonchev–Trinajstić information content (AvgIpc) is 2.85. The van der Waals surface area contributed by atoms with E-state index < -0.39 is 0 Å². The van der Waals surface area contributed by atoms with Gasteiger partial charge in [0, 0.05) is 18.2 Å². The van der Waals surface area contributed by atoms with E-state index in [-0.39, 0.29) is 17.2 Å². The van der Waals surface area contributed by atoms with Crippen LogP contribution in [0.4, 0.5) is 5.69 Å². The summed E-state index contributed by atoms with van der Waals surface area (Å²) in [5, 5.41) is 0. The number of para-hydroxylation sites is 1. The van der Waals surface area contributed by atoms with Crippen LogP contribution in [0.1, 0.15) is 20.8 Å². The lowest BCUT2D eigenvalue weighted by Crippen LogP contribution is -2.39. The number of ether oxygens (including phenoxy) is 1. The number of nitrogens with zero attached hydrogens (tertiary/aromatic N) is 1. The molecule has 1 fully saturated rings. The molecule has 1 aromatic carbocycles. The molecule has 0 N–H and O–H groups in total. The predicted molar refractivity (Wildman–Crippen MR) is 86.0 cm³/mol. The number of anilines is 1. The summed E-state index contributed by atoms with van der Waals surface area (Å²) in [6.45, 7) is 10.4. The molecule has 0 bridgehead atoms. The van der Waals surface area contributed by atoms with Crippen molar-refractivity contribution in [3.8, 4) is 0 Å². The first-order chi connectivity index (χ1) is 9.90. The molecule has 2 rings (SSSR count). The minimum Gasteiger partial charge on any atom is -0.496 e. The van der Waals surface area contributed by atoms with Crippen LogP contribution in [-0.4, -0.2) is 19.6 Å². The molecule has 0 aliphatic carbocycles. The molecule has 0 aromatic heterocycles. The maximum absolute atomic E-state index is 13.0. The number of carbonyl (C=O) groups excluding carboxylic acids is 1. The largest absolute Gasteiger partial charge is 0.496 e. The highest BCUT2D eigenvalue weighted by molar-refractivity contribution is 5.97. The summed E-state index contributed by atoms with van der Waals surface area (Å²) in [4.78, 5) is 14.7. The van der Waals surface area contributed by atoms with Gasteiger partial charge in [0.05, 0.1) is 6.61 Å². The molecule has 112 valence electrons. The summed E-state index contributed by atoms with van der Waals surface area (Å²) in [6.07, 6.45) is 1.84. The first-order valence-corrected chi connectivity index (χ1v) is 7.17. The second kappa shape index (κ2) is 5.76. The average molecular weight is 285 g/mol. The zero-order chi connectivity index (χ0) is 15.6. The predicted octanol–water partition coefficient (Wildman–Crippen LogP) is 3.78. The number of hydrogen-bond acceptors (Lipinski definition) is 2. The van der Waals surface area contributed by atoms with E-state index in [9.17, 15) is 4.79 Å². The molecule has 0 spiro atoms. The van der Waals surface area contributed by atoms with Crippen LogP contribution in [0.15, 0.2) is 54.3 Å². The van der Waals surface area contributed by atoms with Gasteiger partial charge in [-0.3, -0.25) is 4.79 Å². The fourth-order valence-corrected chi connectivity index (χ4v) is 2.68. The molecule has 2 atom stereocenters. The van der Waals surface area contributed by atoms with Gasteiger partial charge in [-0.15, -0.1) is 6.58 Å². The molecule has 3 nitrogen and oxygen atoms in total. The van der Waals surface area contributed by atoms with Gasteiger partial charge in [-0.25, -0.2) is 0 Å². The fourth-order valence-electron chi connectivity index (χ4n) is 2.68. The molecule has 3 heteroatoms. The van der Waals surface area contributed by atoms with Crippen LogP contribution >= 0.6 is 0 Å². The van der Waals surface area contributed by atoms with Gasteiger partial charge in [0.15, 0.2) is 0 Å². The zero-order valence-corrected chi connectivity index (χ0v) is 13.2. The lowest BCUT2D eigenvalue weighted by atomic mass is 9.77. The molecule has 0 unspecified atom stereocenters. The van der Waals surface area contributed by atoms with Crippen molar-refractivity contribution in [2.24, 2.45) is 11.3 Å². The summed E-state index contributed by atoms with van der Waals surface area (Å²) in [7, 11) is 1.81. The molecule has 0 radical (unpaired) electrons. The van der Waals surface area contributed by atoms with Gasteiger partial charge in [0.25, 0.3) is 0 Å². The van der Waals surface area contributed by atoms with Crippen LogP contribution in [0.3, 0.4) is 0 Å². The second-order valence-electron chi connectivity index (χ2n) is 6.03. The van der Waals surface area contributed by atoms with Gasteiger partial charge in [-0.1, -0.05) is 31.2 Å². The third-order valence-corrected chi connectivity index (χ3v) is 4.14. The normalized spacial score (nSPS) is 24.4. The topological polar surface area (TPSA) is 29.5 Å². The van der Waals surface area contributed by atoms with Crippen molar-refractivity contribution >= 4 is 11.6 Å². The molecule has 0 saturated carbocycles. The molecule has 1 aliphatic heterocycles. The first-order valence-electron chi connectivity index (χ1n) is 7.17. The van der Waals surface area contributed by atoms with E-state index in [0.717, 1.165) is 17.0 Å². The Morgan fingerprint density at radius 2 is 2.00 bits per heavy atom. The summed E-state index contributed by atoms with van der Waals surface area (Å²) >= 11 is 0. The standard InChI is InChI=1S/C18H23NO2/c1-6-18(4)12-21-16(13(2)3)15(18)17(20)19(5)14-10-8-7-9-11-14/h6-11,15H,1,12H2,2-5H3/t15-,18-/m0/s1. The van der Waals surface area contributed by atoms with Crippen molar-refractivity contribution in [3.63, 3.8) is 0 Å². The highest BCUT2D eigenvalue weighted by Gasteiger charge is 2.48. The monoisotopic (exact) mass is 285 g/mol. The second-order valence-corrected chi connectivity index (χ2v) is 6.03. The Bertz CT molecular complexity index is 572. The van der Waals surface area contributed by atoms with E-state index in [2.05, 4.69) is 6.58 Å². The quantitative estimate of drug-likeness (QED) is 0.791. The van der Waals surface area contributed by atoms with E-state index >= 15 is 0 Å². The highest BCUT2D eigenvalue weighted by atomic mass is 16.5. The fraction of sp³-hybridized carbons (Fsp3) is 0.389. The first kappa shape index (κ1) is 15.4. The van der Waals surface area contributed by atoms with E-state index in [1.807, 2.05) is 64.2 Å². The summed E-state index contributed by atoms with van der Waals surface area (Å²) in [5.41, 5.74) is 1.56. The lowest BCUT2D eigenvalue weighted by molar-refractivity contribution is -0.122. The Balaban J connectivity index is 2.39. The van der Waals surface area contributed by atoms with Gasteiger partial charge in [-0.05, 0) is 31.6 Å². The van der Waals surface area contributed by atoms with E-state index in [0.29, 0.717) is 6.61 Å². The highest BCUT2D eigenvalue weighted by Crippen LogP contribution is 2.44. The van der Waals surface area contributed by atoms with Crippen LogP contribution in [0.5, 0.6) is 0 Å². The molecular formula is C18H23NO2. The Morgan fingerprint density at radius 3 is 2.52 bits per heavy atom. The summed E-state index contributed by atoms with van der Waals surface area (Å²) < 4.78 is 5.80. The maximum Gasteiger partial charge on any atom is 0.238 e. The van der Waals surface area contributed by atoms with Crippen molar-refractivity contribution in [3.05, 3.63) is 54.3 Å². The number of hydrogen-bond donors (Lipinski definition) is 0. The van der Waals surface area contributed by atoms with Crippen molar-refractivity contribution in [1.29, 1.82) is 0 Å². The Labute approximate surface area is 126 Å². The molecule has 1 heterocycles. The zero-order valence-electron chi connectivity index (χ0n) is 13.2. The minimum absolute atomic E-state index is 0.0392. The Kier molecular flexibility index (Phi) is 4.21. The van der Waals surface area contributed by atoms with E-state index in [1.165, 1.54) is 0 Å². The third kappa shape index (κ3) is 2.73. The molecule has 1 aliphatic rings. The van der Waals surface area contributed by atoms with Crippen LogP contribution in [0.25, 0.3) is 0 Å². The van der Waals surface area contributed by atoms with Crippen LogP contribution in [0.2, 0.25) is 0 Å². The minimum atomic E-state index is -0.368. The molecule has 21 heavy (non-hydrogen) atoms. The Morgan fingerprint density at radius 1 is 1.38 bits per heavy atom. The maximum atomic E-state index is 13.0. The summed E-state index contributed by atoms with van der Waals surface area (Å²) in [5.74, 6) is 0.507. The van der Waals surface area contributed by atoms with Crippen LogP contribution in [0, 0.1) is 11.3 Å². The van der Waals surface area contributed by atoms with Gasteiger partial charge >= 0.3 is 0 Å². The van der Waals surface area contributed by atoms with E-state index in [1.54, 1.807) is 4.90 Å². The summed E-state index contributed by atoms with van der Waals surface area (Å²) in [6, 6.07) is 9.66. The van der Waals surface area contributed by atoms with Gasteiger partial charge in [0.1, 0.15) is 11.7 Å². The van der Waals surface area contributed by atoms with Crippen molar-refractivity contribution in [2.75, 3.05) is 18.6 Å². The number of amides is 1. The molecule has 1 aromatic rings. The SMILES string of the molecule is C=C[C@@]1(C)COC(=C(C)C)[C@H]1C(=O)N(C)c1ccccc1. The number of rotatable bonds is 3. The van der Waals surface area contributed by atoms with E-state index in [4.69, 9.17) is 4.74 Å². The van der Waals surface area contributed by atoms with Crippen LogP contribution in [-0.2, 0) is 9.53 Å². The molecular weight excluding hydrogens is 262 g/mol. The molecule has 1 amide bonds. The Hall–Kier alpha value is -2.03. The molecule has 1 saturated heterocycles. The van der Waals surface area contributed by atoms with Gasteiger partial charge in [-0.2, -0.15) is 0 Å². The van der Waals surface area contributed by atoms with Crippen molar-refractivity contribution < 1.29 is 9.53 Å². The third-order valence-electron chi connectivity index (χ3n) is 4.14. The van der Waals surface area contributed by atoms with Crippen molar-refractivity contribution in [1.82, 2.24) is 0 Å². The smallest absolute Gasteiger partial charge is 0.238 e. The number of carbonyl (C=O) groups is 1. The van der Waals surface area contributed by atoms with Crippen LogP contribution < -0.4 is 4.90 Å². The lowest BCUT2D eigenvalue weighted by Gasteiger charge is -2.29. The number of allylic oxidation sites excluding steroid dienone is 1. The van der Waals surface area contributed by atoms with Crippen molar-refractivity contribution in [2.45, 2.75) is 20.8 Å². The van der Waals surface area contributed by atoms with Gasteiger partial charge in [0.2, 0.25) is 5.91 Å². The van der Waals surface area contributed by atoms with Gasteiger partial charge < -0.3 is 9.64 Å². The number of benzene rings is 1.